The van der Waals surface area contributed by atoms with Gasteiger partial charge in [0, 0.05) is 24.7 Å². The van der Waals surface area contributed by atoms with Gasteiger partial charge in [-0.2, -0.15) is 0 Å². The summed E-state index contributed by atoms with van der Waals surface area (Å²) in [7, 11) is 0. The quantitative estimate of drug-likeness (QED) is 0.601. The molecule has 0 atom stereocenters. The normalized spacial score (nSPS) is 16.6. The number of nitrogens with two attached hydrogens (primary N) is 1. The fourth-order valence-electron chi connectivity index (χ4n) is 3.03. The van der Waals surface area contributed by atoms with E-state index in [1.54, 1.807) is 0 Å². The number of hydrogen-bond donors (Lipinski definition) is 2. The van der Waals surface area contributed by atoms with Crippen LogP contribution in [0, 0.1) is 5.92 Å². The highest BCUT2D eigenvalue weighted by molar-refractivity contribution is 5.78. The van der Waals surface area contributed by atoms with E-state index in [1.807, 2.05) is 18.2 Å². The van der Waals surface area contributed by atoms with Crippen LogP contribution in [0.5, 0.6) is 0 Å². The fraction of sp³-hybridized carbons (Fsp3) is 0.611. The van der Waals surface area contributed by atoms with E-state index in [4.69, 9.17) is 5.73 Å². The van der Waals surface area contributed by atoms with Crippen molar-refractivity contribution in [2.24, 2.45) is 5.92 Å². The molecule has 1 heterocycles. The second kappa shape index (κ2) is 8.79. The van der Waals surface area contributed by atoms with E-state index in [0.717, 1.165) is 51.1 Å². The van der Waals surface area contributed by atoms with Crippen LogP contribution in [0.4, 0.5) is 5.69 Å². The second-order valence-electron chi connectivity index (χ2n) is 6.29. The Morgan fingerprint density at radius 3 is 2.77 bits per heavy atom. The van der Waals surface area contributed by atoms with Crippen molar-refractivity contribution >= 4 is 11.6 Å². The number of benzene rings is 1. The van der Waals surface area contributed by atoms with Gasteiger partial charge >= 0.3 is 0 Å². The van der Waals surface area contributed by atoms with Crippen LogP contribution in [-0.2, 0) is 11.3 Å². The van der Waals surface area contributed by atoms with Crippen LogP contribution in [-0.4, -0.2) is 30.4 Å². The largest absolute Gasteiger partial charge is 0.399 e. The number of unbranched alkanes of at least 4 members (excludes halogenated alkanes) is 2. The summed E-state index contributed by atoms with van der Waals surface area (Å²) in [6.45, 7) is 5.91. The van der Waals surface area contributed by atoms with Gasteiger partial charge in [0.05, 0.1) is 0 Å². The third kappa shape index (κ3) is 5.34. The Hall–Kier alpha value is -1.55. The minimum Gasteiger partial charge on any atom is -0.399 e. The zero-order chi connectivity index (χ0) is 15.8. The molecule has 0 unspecified atom stereocenters. The van der Waals surface area contributed by atoms with Gasteiger partial charge in [-0.05, 0) is 50.0 Å². The van der Waals surface area contributed by atoms with E-state index in [1.165, 1.54) is 18.4 Å². The SMILES string of the molecule is CCCCCNC(=O)C1CCN(Cc2cccc(N)c2)CC1. The molecule has 22 heavy (non-hydrogen) atoms. The molecule has 0 spiro atoms. The van der Waals surface area contributed by atoms with Crippen LogP contribution in [0.25, 0.3) is 0 Å². The molecule has 122 valence electrons. The highest BCUT2D eigenvalue weighted by atomic mass is 16.1. The molecule has 1 aliphatic rings. The molecule has 1 amide bonds. The van der Waals surface area contributed by atoms with Crippen LogP contribution in [0.3, 0.4) is 0 Å². The molecule has 4 heteroatoms. The molecule has 0 aliphatic carbocycles. The first-order chi connectivity index (χ1) is 10.7. The molecule has 1 fully saturated rings. The van der Waals surface area contributed by atoms with Gasteiger partial charge < -0.3 is 11.1 Å². The predicted molar refractivity (Wildman–Crippen MR) is 91.4 cm³/mol. The minimum absolute atomic E-state index is 0.193. The van der Waals surface area contributed by atoms with E-state index < -0.39 is 0 Å². The first kappa shape index (κ1) is 16.8. The van der Waals surface area contributed by atoms with Gasteiger partial charge in [-0.1, -0.05) is 31.9 Å². The molecular formula is C18H29N3O. The van der Waals surface area contributed by atoms with E-state index in [2.05, 4.69) is 23.2 Å². The number of nitrogens with one attached hydrogen (secondary N) is 1. The molecule has 2 rings (SSSR count). The Balaban J connectivity index is 1.70. The minimum atomic E-state index is 0.193. The zero-order valence-electron chi connectivity index (χ0n) is 13.7. The van der Waals surface area contributed by atoms with E-state index in [-0.39, 0.29) is 11.8 Å². The van der Waals surface area contributed by atoms with Gasteiger partial charge in [-0.3, -0.25) is 9.69 Å². The van der Waals surface area contributed by atoms with E-state index in [9.17, 15) is 4.79 Å². The zero-order valence-corrected chi connectivity index (χ0v) is 13.7. The first-order valence-corrected chi connectivity index (χ1v) is 8.53. The molecule has 0 saturated carbocycles. The summed E-state index contributed by atoms with van der Waals surface area (Å²) in [6.07, 6.45) is 5.40. The molecule has 0 aromatic heterocycles. The smallest absolute Gasteiger partial charge is 0.223 e. The lowest BCUT2D eigenvalue weighted by atomic mass is 9.95. The maximum absolute atomic E-state index is 12.1. The van der Waals surface area contributed by atoms with Crippen molar-refractivity contribution in [3.05, 3.63) is 29.8 Å². The summed E-state index contributed by atoms with van der Waals surface area (Å²) >= 11 is 0. The molecule has 1 aliphatic heterocycles. The monoisotopic (exact) mass is 303 g/mol. The molecule has 3 N–H and O–H groups in total. The summed E-state index contributed by atoms with van der Waals surface area (Å²) in [4.78, 5) is 14.5. The number of carbonyl (C=O) groups is 1. The molecule has 0 radical (unpaired) electrons. The van der Waals surface area contributed by atoms with Gasteiger partial charge in [-0.15, -0.1) is 0 Å². The van der Waals surface area contributed by atoms with Crippen LogP contribution in [0.1, 0.15) is 44.6 Å². The van der Waals surface area contributed by atoms with Crippen molar-refractivity contribution in [1.82, 2.24) is 10.2 Å². The summed E-state index contributed by atoms with van der Waals surface area (Å²) in [5, 5.41) is 3.09. The van der Waals surface area contributed by atoms with Crippen molar-refractivity contribution in [3.63, 3.8) is 0 Å². The number of hydrogen-bond acceptors (Lipinski definition) is 3. The number of piperidine rings is 1. The average molecular weight is 303 g/mol. The van der Waals surface area contributed by atoms with Crippen LogP contribution < -0.4 is 11.1 Å². The Bertz CT molecular complexity index is 467. The highest BCUT2D eigenvalue weighted by Crippen LogP contribution is 2.20. The second-order valence-corrected chi connectivity index (χ2v) is 6.29. The summed E-state index contributed by atoms with van der Waals surface area (Å²) in [5.41, 5.74) is 7.89. The fourth-order valence-corrected chi connectivity index (χ4v) is 3.03. The van der Waals surface area contributed by atoms with Crippen molar-refractivity contribution in [3.8, 4) is 0 Å². The van der Waals surface area contributed by atoms with E-state index in [0.29, 0.717) is 0 Å². The van der Waals surface area contributed by atoms with Crippen LogP contribution in [0.2, 0.25) is 0 Å². The van der Waals surface area contributed by atoms with Gasteiger partial charge in [-0.25, -0.2) is 0 Å². The number of carbonyl (C=O) groups excluding carboxylic acids is 1. The molecule has 1 aromatic rings. The van der Waals surface area contributed by atoms with Crippen molar-refractivity contribution < 1.29 is 4.79 Å². The molecule has 4 nitrogen and oxygen atoms in total. The van der Waals surface area contributed by atoms with E-state index >= 15 is 0 Å². The lowest BCUT2D eigenvalue weighted by Gasteiger charge is -2.31. The number of anilines is 1. The number of nitrogens with zero attached hydrogens (tertiary/aromatic N) is 1. The summed E-state index contributed by atoms with van der Waals surface area (Å²) in [6, 6.07) is 8.06. The summed E-state index contributed by atoms with van der Waals surface area (Å²) < 4.78 is 0. The number of likely N-dealkylation sites (tertiary alicyclic amines) is 1. The van der Waals surface area contributed by atoms with Gasteiger partial charge in [0.1, 0.15) is 0 Å². The number of amides is 1. The molecular weight excluding hydrogens is 274 g/mol. The van der Waals surface area contributed by atoms with Gasteiger partial charge in [0.15, 0.2) is 0 Å². The van der Waals surface area contributed by atoms with Gasteiger partial charge in [0.2, 0.25) is 5.91 Å². The predicted octanol–water partition coefficient (Wildman–Crippen LogP) is 2.79. The maximum atomic E-state index is 12.1. The Kier molecular flexibility index (Phi) is 6.72. The average Bonchev–Trinajstić information content (AvgIpc) is 2.52. The van der Waals surface area contributed by atoms with Crippen LogP contribution in [0.15, 0.2) is 24.3 Å². The lowest BCUT2D eigenvalue weighted by molar-refractivity contribution is -0.126. The Labute approximate surface area is 134 Å². The lowest BCUT2D eigenvalue weighted by Crippen LogP contribution is -2.40. The Morgan fingerprint density at radius 1 is 1.32 bits per heavy atom. The number of nitrogen functional groups attached to an aromatic ring is 1. The van der Waals surface area contributed by atoms with Crippen molar-refractivity contribution in [2.75, 3.05) is 25.4 Å². The van der Waals surface area contributed by atoms with Crippen LogP contribution >= 0.6 is 0 Å². The third-order valence-electron chi connectivity index (χ3n) is 4.40. The van der Waals surface area contributed by atoms with Crippen molar-refractivity contribution in [2.45, 2.75) is 45.6 Å². The number of rotatable bonds is 7. The van der Waals surface area contributed by atoms with Gasteiger partial charge in [0.25, 0.3) is 0 Å². The highest BCUT2D eigenvalue weighted by Gasteiger charge is 2.24. The molecule has 0 bridgehead atoms. The van der Waals surface area contributed by atoms with Crippen molar-refractivity contribution in [1.29, 1.82) is 0 Å². The topological polar surface area (TPSA) is 58.4 Å². The maximum Gasteiger partial charge on any atom is 0.223 e. The first-order valence-electron chi connectivity index (χ1n) is 8.53. The summed E-state index contributed by atoms with van der Waals surface area (Å²) in [5.74, 6) is 0.443. The molecule has 1 saturated heterocycles. The standard InChI is InChI=1S/C18H29N3O/c1-2-3-4-10-20-18(22)16-8-11-21(12-9-16)14-15-6-5-7-17(19)13-15/h5-7,13,16H,2-4,8-12,14,19H2,1H3,(H,20,22). The molecule has 1 aromatic carbocycles. The Morgan fingerprint density at radius 2 is 2.09 bits per heavy atom. The third-order valence-corrected chi connectivity index (χ3v) is 4.40.